The van der Waals surface area contributed by atoms with E-state index in [2.05, 4.69) is 30.4 Å². The van der Waals surface area contributed by atoms with Crippen molar-refractivity contribution in [3.05, 3.63) is 23.5 Å². The highest BCUT2D eigenvalue weighted by Gasteiger charge is 2.23. The molecule has 1 saturated carbocycles. The summed E-state index contributed by atoms with van der Waals surface area (Å²) in [6.45, 7) is 3.30. The van der Waals surface area contributed by atoms with E-state index in [0.29, 0.717) is 23.2 Å². The molecule has 0 radical (unpaired) electrons. The maximum Gasteiger partial charge on any atom is 0.266 e. The topological polar surface area (TPSA) is 113 Å². The summed E-state index contributed by atoms with van der Waals surface area (Å²) in [5, 5.41) is 18.0. The first kappa shape index (κ1) is 16.7. The molecule has 8 nitrogen and oxygen atoms in total. The van der Waals surface area contributed by atoms with E-state index >= 15 is 0 Å². The van der Waals surface area contributed by atoms with Gasteiger partial charge >= 0.3 is 0 Å². The van der Waals surface area contributed by atoms with Crippen LogP contribution in [0.15, 0.2) is 17.0 Å². The predicted molar refractivity (Wildman–Crippen MR) is 91.4 cm³/mol. The fraction of sp³-hybridized carbons (Fsp3) is 0.533. The van der Waals surface area contributed by atoms with Crippen LogP contribution < -0.4 is 10.0 Å². The maximum atomic E-state index is 12.5. The summed E-state index contributed by atoms with van der Waals surface area (Å²) in [4.78, 5) is 0.147. The molecule has 0 aromatic carbocycles. The SMILES string of the molecule is Cc1n[nH]c(C)c1S(=O)(=O)Nc1ccc(NC2CCCCC2)nn1. The molecule has 0 aliphatic heterocycles. The lowest BCUT2D eigenvalue weighted by Crippen LogP contribution is -2.23. The summed E-state index contributed by atoms with van der Waals surface area (Å²) < 4.78 is 27.3. The zero-order valence-electron chi connectivity index (χ0n) is 13.8. The van der Waals surface area contributed by atoms with E-state index in [0.717, 1.165) is 12.8 Å². The highest BCUT2D eigenvalue weighted by atomic mass is 32.2. The van der Waals surface area contributed by atoms with Gasteiger partial charge in [0.05, 0.1) is 11.4 Å². The zero-order valence-corrected chi connectivity index (χ0v) is 14.7. The number of aromatic amines is 1. The third kappa shape index (κ3) is 3.66. The summed E-state index contributed by atoms with van der Waals surface area (Å²) in [6.07, 6.45) is 6.01. The quantitative estimate of drug-likeness (QED) is 0.763. The minimum atomic E-state index is -3.74. The van der Waals surface area contributed by atoms with Crippen molar-refractivity contribution in [2.75, 3.05) is 10.0 Å². The molecule has 1 aliphatic rings. The van der Waals surface area contributed by atoms with Gasteiger partial charge < -0.3 is 5.32 Å². The van der Waals surface area contributed by atoms with E-state index in [1.807, 2.05) is 0 Å². The smallest absolute Gasteiger partial charge is 0.266 e. The van der Waals surface area contributed by atoms with Gasteiger partial charge in [0.1, 0.15) is 10.7 Å². The van der Waals surface area contributed by atoms with Gasteiger partial charge in [-0.1, -0.05) is 19.3 Å². The van der Waals surface area contributed by atoms with Crippen LogP contribution in [0, 0.1) is 13.8 Å². The molecule has 0 unspecified atom stereocenters. The number of aryl methyl sites for hydroxylation is 2. The van der Waals surface area contributed by atoms with Crippen LogP contribution >= 0.6 is 0 Å². The van der Waals surface area contributed by atoms with E-state index < -0.39 is 10.0 Å². The van der Waals surface area contributed by atoms with E-state index in [4.69, 9.17) is 0 Å². The van der Waals surface area contributed by atoms with Gasteiger partial charge in [-0.3, -0.25) is 9.82 Å². The molecule has 0 bridgehead atoms. The first-order valence-corrected chi connectivity index (χ1v) is 9.59. The van der Waals surface area contributed by atoms with Gasteiger partial charge in [0.15, 0.2) is 5.82 Å². The van der Waals surface area contributed by atoms with Gasteiger partial charge in [0.25, 0.3) is 10.0 Å². The second kappa shape index (κ2) is 6.76. The Hall–Kier alpha value is -2.16. The number of nitrogens with zero attached hydrogens (tertiary/aromatic N) is 3. The van der Waals surface area contributed by atoms with Crippen LogP contribution in [-0.4, -0.2) is 34.9 Å². The molecule has 0 amide bonds. The monoisotopic (exact) mass is 350 g/mol. The first-order chi connectivity index (χ1) is 11.5. The number of hydrogen-bond acceptors (Lipinski definition) is 6. The largest absolute Gasteiger partial charge is 0.366 e. The molecule has 3 rings (SSSR count). The molecular formula is C15H22N6O2S. The number of aromatic nitrogens is 4. The lowest BCUT2D eigenvalue weighted by Gasteiger charge is -2.22. The van der Waals surface area contributed by atoms with E-state index in [-0.39, 0.29) is 10.7 Å². The number of anilines is 2. The normalized spacial score (nSPS) is 16.1. The van der Waals surface area contributed by atoms with Crippen LogP contribution in [0.3, 0.4) is 0 Å². The Morgan fingerprint density at radius 2 is 1.75 bits per heavy atom. The molecule has 130 valence electrons. The molecule has 0 spiro atoms. The minimum Gasteiger partial charge on any atom is -0.366 e. The number of nitrogens with one attached hydrogen (secondary N) is 3. The number of H-pyrrole nitrogens is 1. The van der Waals surface area contributed by atoms with Crippen molar-refractivity contribution < 1.29 is 8.42 Å². The predicted octanol–water partition coefficient (Wildman–Crippen LogP) is 2.36. The summed E-state index contributed by atoms with van der Waals surface area (Å²) in [6, 6.07) is 3.78. The van der Waals surface area contributed by atoms with Crippen molar-refractivity contribution in [1.82, 2.24) is 20.4 Å². The number of rotatable bonds is 5. The van der Waals surface area contributed by atoms with Crippen molar-refractivity contribution in [3.63, 3.8) is 0 Å². The highest BCUT2D eigenvalue weighted by Crippen LogP contribution is 2.22. The van der Waals surface area contributed by atoms with Crippen molar-refractivity contribution in [3.8, 4) is 0 Å². The van der Waals surface area contributed by atoms with Crippen molar-refractivity contribution >= 4 is 21.7 Å². The highest BCUT2D eigenvalue weighted by molar-refractivity contribution is 7.92. The fourth-order valence-electron chi connectivity index (χ4n) is 3.05. The Labute approximate surface area is 141 Å². The van der Waals surface area contributed by atoms with Crippen LogP contribution in [0.1, 0.15) is 43.5 Å². The van der Waals surface area contributed by atoms with Crippen molar-refractivity contribution in [2.45, 2.75) is 56.9 Å². The van der Waals surface area contributed by atoms with Crippen LogP contribution in [-0.2, 0) is 10.0 Å². The Morgan fingerprint density at radius 3 is 2.33 bits per heavy atom. The van der Waals surface area contributed by atoms with E-state index in [1.165, 1.54) is 19.3 Å². The molecule has 0 atom stereocenters. The molecule has 2 aromatic rings. The van der Waals surface area contributed by atoms with Gasteiger partial charge in [-0.05, 0) is 38.8 Å². The van der Waals surface area contributed by atoms with Gasteiger partial charge in [0.2, 0.25) is 0 Å². The lowest BCUT2D eigenvalue weighted by atomic mass is 9.95. The molecule has 24 heavy (non-hydrogen) atoms. The second-order valence-electron chi connectivity index (χ2n) is 6.15. The van der Waals surface area contributed by atoms with Crippen LogP contribution in [0.5, 0.6) is 0 Å². The molecule has 3 N–H and O–H groups in total. The van der Waals surface area contributed by atoms with Crippen molar-refractivity contribution in [2.24, 2.45) is 0 Å². The molecule has 2 aromatic heterocycles. The van der Waals surface area contributed by atoms with Gasteiger partial charge in [-0.2, -0.15) is 5.10 Å². The molecule has 1 aliphatic carbocycles. The second-order valence-corrected chi connectivity index (χ2v) is 7.77. The Bertz CT molecular complexity index is 774. The number of sulfonamides is 1. The lowest BCUT2D eigenvalue weighted by molar-refractivity contribution is 0.461. The summed E-state index contributed by atoms with van der Waals surface area (Å²) >= 11 is 0. The zero-order chi connectivity index (χ0) is 17.2. The van der Waals surface area contributed by atoms with Crippen LogP contribution in [0.2, 0.25) is 0 Å². The Balaban J connectivity index is 1.69. The fourth-order valence-corrected chi connectivity index (χ4v) is 4.41. The Morgan fingerprint density at radius 1 is 1.08 bits per heavy atom. The summed E-state index contributed by atoms with van der Waals surface area (Å²) in [5.41, 5.74) is 0.909. The minimum absolute atomic E-state index is 0.147. The summed E-state index contributed by atoms with van der Waals surface area (Å²) in [7, 11) is -3.74. The summed E-state index contributed by atoms with van der Waals surface area (Å²) in [5.74, 6) is 0.852. The number of hydrogen-bond donors (Lipinski definition) is 3. The Kier molecular flexibility index (Phi) is 4.70. The maximum absolute atomic E-state index is 12.5. The third-order valence-corrected chi connectivity index (χ3v) is 5.81. The van der Waals surface area contributed by atoms with Gasteiger partial charge in [0, 0.05) is 6.04 Å². The molecule has 2 heterocycles. The molecule has 1 fully saturated rings. The standard InChI is InChI=1S/C15H22N6O2S/c1-10-15(11(2)18-17-10)24(22,23)21-14-9-8-13(19-20-14)16-12-6-4-3-5-7-12/h8-9,12H,3-7H2,1-2H3,(H,16,19)(H,17,18)(H,20,21). The van der Waals surface area contributed by atoms with Gasteiger partial charge in [-0.15, -0.1) is 10.2 Å². The molecule has 0 saturated heterocycles. The van der Waals surface area contributed by atoms with Crippen LogP contribution in [0.25, 0.3) is 0 Å². The van der Waals surface area contributed by atoms with E-state index in [1.54, 1.807) is 26.0 Å². The van der Waals surface area contributed by atoms with Crippen LogP contribution in [0.4, 0.5) is 11.6 Å². The van der Waals surface area contributed by atoms with Gasteiger partial charge in [-0.25, -0.2) is 8.42 Å². The molecule has 9 heteroatoms. The van der Waals surface area contributed by atoms with Crippen molar-refractivity contribution in [1.29, 1.82) is 0 Å². The average Bonchev–Trinajstić information content (AvgIpc) is 2.90. The first-order valence-electron chi connectivity index (χ1n) is 8.10. The third-order valence-electron chi connectivity index (χ3n) is 4.19. The average molecular weight is 350 g/mol. The molecular weight excluding hydrogens is 328 g/mol. The van der Waals surface area contributed by atoms with E-state index in [9.17, 15) is 8.42 Å².